The van der Waals surface area contributed by atoms with E-state index in [-0.39, 0.29) is 12.8 Å². The maximum Gasteiger partial charge on any atom is 0.472 e. The van der Waals surface area contributed by atoms with Gasteiger partial charge in [-0.15, -0.1) is 0 Å². The number of hydrogen-bond acceptors (Lipinski definition) is 13. The van der Waals surface area contributed by atoms with Gasteiger partial charge in [0.1, 0.15) is 43.2 Å². The van der Waals surface area contributed by atoms with Crippen molar-refractivity contribution in [3.63, 3.8) is 0 Å². The van der Waals surface area contributed by atoms with Crippen LogP contribution in [0.25, 0.3) is 0 Å². The van der Waals surface area contributed by atoms with Crippen LogP contribution in [0.3, 0.4) is 0 Å². The standard InChI is InChI=1S/C53H81O14P/c1-3-5-7-9-11-12-13-14-15-16-17-18-19-20-21-26-29-33-37-41-47(56)66-45(43-65-68(62,63)67-53-51(60)49(58)48(57)50(59)52(53)61)42-64-46(55)40-36-32-28-25-23-22-24-27-31-35-39-44(54)38-34-30-10-8-6-4-2/h6,8,11-12,14-15,17-18,20-23,27-35,39,44-45,48-54,57-61H,3-5,7,9-10,13,16,19,24-26,36-38,40-43H2,1-2H3,(H,62,63)/b8-6-,12-11-,15-14-,18-17-,21-20-,23-22-,31-27-,32-28-,33-29-,34-30-,39-35+/t44?,45-,48?,49-,50+,51-,52-,53?/m1/s1. The first kappa shape index (κ1) is 62.0. The Morgan fingerprint density at radius 1 is 0.544 bits per heavy atom. The molecule has 0 aliphatic heterocycles. The van der Waals surface area contributed by atoms with E-state index in [1.165, 1.54) is 19.3 Å². The Kier molecular flexibility index (Phi) is 37.2. The summed E-state index contributed by atoms with van der Waals surface area (Å²) in [5.41, 5.74) is 0. The largest absolute Gasteiger partial charge is 0.472 e. The molecule has 0 amide bonds. The zero-order chi connectivity index (χ0) is 50.1. The molecule has 15 heteroatoms. The van der Waals surface area contributed by atoms with Crippen molar-refractivity contribution in [2.75, 3.05) is 13.2 Å². The van der Waals surface area contributed by atoms with E-state index >= 15 is 0 Å². The van der Waals surface area contributed by atoms with Crippen molar-refractivity contribution in [1.82, 2.24) is 0 Å². The summed E-state index contributed by atoms with van der Waals surface area (Å²) in [4.78, 5) is 35.7. The van der Waals surface area contributed by atoms with Gasteiger partial charge in [-0.25, -0.2) is 4.57 Å². The zero-order valence-corrected chi connectivity index (χ0v) is 41.1. The third kappa shape index (κ3) is 32.7. The van der Waals surface area contributed by atoms with E-state index in [9.17, 15) is 49.7 Å². The summed E-state index contributed by atoms with van der Waals surface area (Å²) in [6, 6.07) is 0. The normalized spacial score (nSPS) is 22.7. The van der Waals surface area contributed by atoms with Gasteiger partial charge in [-0.3, -0.25) is 18.6 Å². The topological polar surface area (TPSA) is 230 Å². The Hall–Kier alpha value is -4.05. The minimum absolute atomic E-state index is 0.00579. The van der Waals surface area contributed by atoms with Gasteiger partial charge in [0.15, 0.2) is 6.10 Å². The van der Waals surface area contributed by atoms with E-state index in [0.29, 0.717) is 38.5 Å². The second-order valence-corrected chi connectivity index (χ2v) is 17.5. The molecule has 14 nitrogen and oxygen atoms in total. The number of hydrogen-bond donors (Lipinski definition) is 7. The Balaban J connectivity index is 2.59. The van der Waals surface area contributed by atoms with Crippen LogP contribution in [0, 0.1) is 0 Å². The van der Waals surface area contributed by atoms with Gasteiger partial charge in [0, 0.05) is 12.8 Å². The number of aliphatic hydroxyl groups is 6. The van der Waals surface area contributed by atoms with Crippen molar-refractivity contribution in [2.45, 2.75) is 172 Å². The molecule has 68 heavy (non-hydrogen) atoms. The Bertz CT molecular complexity index is 1710. The van der Waals surface area contributed by atoms with Crippen molar-refractivity contribution in [3.05, 3.63) is 134 Å². The van der Waals surface area contributed by atoms with Crippen LogP contribution in [0.2, 0.25) is 0 Å². The van der Waals surface area contributed by atoms with Crippen molar-refractivity contribution >= 4 is 19.8 Å². The smallest absolute Gasteiger partial charge is 0.462 e. The molecule has 0 radical (unpaired) electrons. The molecular weight excluding hydrogens is 892 g/mol. The number of esters is 2. The van der Waals surface area contributed by atoms with Crippen LogP contribution in [0.1, 0.15) is 123 Å². The van der Waals surface area contributed by atoms with Crippen molar-refractivity contribution in [1.29, 1.82) is 0 Å². The summed E-state index contributed by atoms with van der Waals surface area (Å²) in [6.07, 6.45) is 42.6. The number of phosphoric acid groups is 1. The molecule has 1 aliphatic rings. The molecule has 0 spiro atoms. The first-order chi connectivity index (χ1) is 32.8. The summed E-state index contributed by atoms with van der Waals surface area (Å²) in [7, 11) is -5.18. The number of phosphoric ester groups is 1. The fraction of sp³-hybridized carbons (Fsp3) is 0.547. The van der Waals surface area contributed by atoms with Crippen LogP contribution in [0.4, 0.5) is 0 Å². The highest BCUT2D eigenvalue weighted by Gasteiger charge is 2.51. The molecule has 0 aromatic rings. The minimum Gasteiger partial charge on any atom is -0.462 e. The Morgan fingerprint density at radius 3 is 1.53 bits per heavy atom. The van der Waals surface area contributed by atoms with E-state index in [2.05, 4.69) is 68.5 Å². The molecule has 1 fully saturated rings. The van der Waals surface area contributed by atoms with Gasteiger partial charge < -0.3 is 45.0 Å². The van der Waals surface area contributed by atoms with Crippen LogP contribution >= 0.6 is 7.82 Å². The second-order valence-electron chi connectivity index (χ2n) is 16.1. The fourth-order valence-electron chi connectivity index (χ4n) is 6.20. The molecule has 0 bridgehead atoms. The quantitative estimate of drug-likeness (QED) is 0.0101. The lowest BCUT2D eigenvalue weighted by Gasteiger charge is -2.41. The number of allylic oxidation sites excluding steroid dienone is 20. The van der Waals surface area contributed by atoms with Crippen LogP contribution in [-0.2, 0) is 32.7 Å². The van der Waals surface area contributed by atoms with Gasteiger partial charge >= 0.3 is 19.8 Å². The summed E-state index contributed by atoms with van der Waals surface area (Å²) >= 11 is 0. The molecule has 4 unspecified atom stereocenters. The monoisotopic (exact) mass is 973 g/mol. The van der Waals surface area contributed by atoms with E-state index in [1.807, 2.05) is 72.9 Å². The highest BCUT2D eigenvalue weighted by atomic mass is 31.2. The SMILES string of the molecule is CC/C=C\C/C=C\CC(O)/C=C/C=C\C/C=C\C/C=C\CCC(=O)OC[C@H](COP(=O)(O)OC1[C@H](O)[C@H](O)C(O)[C@H](O)[C@H]1O)OC(=O)CC/C=C\C/C=C\C/C=C\C/C=C\C/C=C\CCCCC. The average Bonchev–Trinajstić information content (AvgIpc) is 3.32. The average molecular weight is 973 g/mol. The van der Waals surface area contributed by atoms with Crippen molar-refractivity contribution in [2.24, 2.45) is 0 Å². The Morgan fingerprint density at radius 2 is 1.00 bits per heavy atom. The number of carbonyl (C=O) groups excluding carboxylic acids is 2. The second kappa shape index (κ2) is 40.8. The summed E-state index contributed by atoms with van der Waals surface area (Å²) in [5.74, 6) is -1.34. The summed E-state index contributed by atoms with van der Waals surface area (Å²) in [5, 5.41) is 60.2. The number of ether oxygens (including phenoxy) is 2. The van der Waals surface area contributed by atoms with E-state index in [1.54, 1.807) is 6.08 Å². The molecule has 0 saturated heterocycles. The van der Waals surface area contributed by atoms with Gasteiger partial charge in [0.2, 0.25) is 0 Å². The van der Waals surface area contributed by atoms with Gasteiger partial charge in [0.05, 0.1) is 12.7 Å². The summed E-state index contributed by atoms with van der Waals surface area (Å²) < 4.78 is 33.4. The lowest BCUT2D eigenvalue weighted by Crippen LogP contribution is -2.64. The van der Waals surface area contributed by atoms with Crippen LogP contribution in [0.15, 0.2) is 134 Å². The lowest BCUT2D eigenvalue weighted by atomic mass is 9.85. The molecule has 1 saturated carbocycles. The molecule has 7 N–H and O–H groups in total. The molecular formula is C53H81O14P. The number of rotatable bonds is 37. The van der Waals surface area contributed by atoms with E-state index in [4.69, 9.17) is 18.5 Å². The van der Waals surface area contributed by atoms with E-state index < -0.39 is 81.8 Å². The fourth-order valence-corrected chi connectivity index (χ4v) is 7.17. The summed E-state index contributed by atoms with van der Waals surface area (Å²) in [6.45, 7) is 2.95. The third-order valence-corrected chi connectivity index (χ3v) is 11.1. The molecule has 1 rings (SSSR count). The van der Waals surface area contributed by atoms with Crippen molar-refractivity contribution in [3.8, 4) is 0 Å². The zero-order valence-electron chi connectivity index (χ0n) is 40.2. The molecule has 0 aromatic heterocycles. The molecule has 382 valence electrons. The van der Waals surface area contributed by atoms with E-state index in [0.717, 1.165) is 38.5 Å². The highest BCUT2D eigenvalue weighted by molar-refractivity contribution is 7.47. The first-order valence-corrected chi connectivity index (χ1v) is 25.6. The highest BCUT2D eigenvalue weighted by Crippen LogP contribution is 2.47. The predicted octanol–water partition coefficient (Wildman–Crippen LogP) is 8.91. The number of aliphatic hydroxyl groups excluding tert-OH is 6. The predicted molar refractivity (Wildman–Crippen MR) is 268 cm³/mol. The molecule has 0 heterocycles. The first-order valence-electron chi connectivity index (χ1n) is 24.1. The van der Waals surface area contributed by atoms with Crippen LogP contribution in [0.5, 0.6) is 0 Å². The molecule has 1 aliphatic carbocycles. The number of carbonyl (C=O) groups is 2. The Labute approximate surface area is 405 Å². The minimum atomic E-state index is -5.18. The third-order valence-electron chi connectivity index (χ3n) is 10.1. The lowest BCUT2D eigenvalue weighted by molar-refractivity contribution is -0.220. The van der Waals surface area contributed by atoms with Crippen LogP contribution in [-0.4, -0.2) is 110 Å². The van der Waals surface area contributed by atoms with Crippen molar-refractivity contribution < 1.29 is 68.2 Å². The molecule has 9 atom stereocenters. The maximum absolute atomic E-state index is 12.8. The molecule has 0 aromatic carbocycles. The van der Waals surface area contributed by atoms with Gasteiger partial charge in [-0.2, -0.15) is 0 Å². The van der Waals surface area contributed by atoms with Crippen LogP contribution < -0.4 is 0 Å². The van der Waals surface area contributed by atoms with Gasteiger partial charge in [0.25, 0.3) is 0 Å². The van der Waals surface area contributed by atoms with Gasteiger partial charge in [-0.1, -0.05) is 160 Å². The van der Waals surface area contributed by atoms with Gasteiger partial charge in [-0.05, 0) is 83.5 Å². The number of unbranched alkanes of at least 4 members (excludes halogenated alkanes) is 3. The maximum atomic E-state index is 12.8.